The standard InChI is InChI=1S/C27H36N4O4/c1-35-29-23(14-15-25(32)33)26-27(34)31(24-13-6-5-12-22(24)28-26)21-16-19-10-7-11-20(17-21)30(19)18-8-3-2-4-9-18/h5-6,12-13,18-21H,2-4,7-11,14-17H2,1H3,(H,32,33)/b29-23+/t19-,20+,21?. The summed E-state index contributed by atoms with van der Waals surface area (Å²) >= 11 is 0. The lowest BCUT2D eigenvalue weighted by Crippen LogP contribution is -2.57. The summed E-state index contributed by atoms with van der Waals surface area (Å²) in [6, 6.07) is 9.56. The normalized spacial score (nSPS) is 26.1. The predicted octanol–water partition coefficient (Wildman–Crippen LogP) is 4.50. The first-order valence-electron chi connectivity index (χ1n) is 13.2. The number of para-hydroxylation sites is 2. The van der Waals surface area contributed by atoms with Crippen molar-refractivity contribution in [3.8, 4) is 0 Å². The monoisotopic (exact) mass is 480 g/mol. The lowest BCUT2D eigenvalue weighted by atomic mass is 9.78. The molecule has 35 heavy (non-hydrogen) atoms. The van der Waals surface area contributed by atoms with E-state index in [0.29, 0.717) is 23.8 Å². The highest BCUT2D eigenvalue weighted by Gasteiger charge is 2.42. The van der Waals surface area contributed by atoms with Crippen molar-refractivity contribution >= 4 is 22.7 Å². The van der Waals surface area contributed by atoms with E-state index in [9.17, 15) is 14.7 Å². The summed E-state index contributed by atoms with van der Waals surface area (Å²) in [5.74, 6) is -0.946. The third-order valence-corrected chi connectivity index (χ3v) is 8.21. The zero-order valence-electron chi connectivity index (χ0n) is 20.6. The van der Waals surface area contributed by atoms with Crippen LogP contribution in [0, 0.1) is 0 Å². The van der Waals surface area contributed by atoms with Crippen LogP contribution in [0.2, 0.25) is 0 Å². The lowest BCUT2D eigenvalue weighted by Gasteiger charge is -2.53. The van der Waals surface area contributed by atoms with E-state index >= 15 is 0 Å². The molecule has 188 valence electrons. The van der Waals surface area contributed by atoms with Crippen LogP contribution in [0.5, 0.6) is 0 Å². The largest absolute Gasteiger partial charge is 0.481 e. The van der Waals surface area contributed by atoms with Gasteiger partial charge < -0.3 is 14.5 Å². The van der Waals surface area contributed by atoms with Gasteiger partial charge >= 0.3 is 5.97 Å². The number of oxime groups is 1. The highest BCUT2D eigenvalue weighted by molar-refractivity contribution is 6.00. The average Bonchev–Trinajstić information content (AvgIpc) is 2.86. The van der Waals surface area contributed by atoms with E-state index in [1.165, 1.54) is 58.5 Å². The Balaban J connectivity index is 1.54. The number of carboxylic acid groups (broad SMARTS) is 1. The summed E-state index contributed by atoms with van der Waals surface area (Å²) in [5, 5.41) is 13.2. The maximum Gasteiger partial charge on any atom is 0.303 e. The molecule has 1 saturated carbocycles. The highest BCUT2D eigenvalue weighted by atomic mass is 16.6. The minimum absolute atomic E-state index is 0.0903. The van der Waals surface area contributed by atoms with Gasteiger partial charge in [-0.3, -0.25) is 14.5 Å². The van der Waals surface area contributed by atoms with Crippen LogP contribution in [0.25, 0.3) is 11.0 Å². The number of aliphatic carboxylic acids is 1. The minimum Gasteiger partial charge on any atom is -0.481 e. The van der Waals surface area contributed by atoms with Gasteiger partial charge in [-0.2, -0.15) is 0 Å². The molecule has 1 N–H and O–H groups in total. The fourth-order valence-corrected chi connectivity index (χ4v) is 6.82. The van der Waals surface area contributed by atoms with Gasteiger partial charge in [-0.25, -0.2) is 4.98 Å². The number of carbonyl (C=O) groups is 1. The topological polar surface area (TPSA) is 97.0 Å². The van der Waals surface area contributed by atoms with Gasteiger partial charge in [-0.05, 0) is 50.7 Å². The van der Waals surface area contributed by atoms with Gasteiger partial charge in [0, 0.05) is 30.6 Å². The summed E-state index contributed by atoms with van der Waals surface area (Å²) in [4.78, 5) is 37.6. The zero-order valence-corrected chi connectivity index (χ0v) is 20.6. The van der Waals surface area contributed by atoms with Crippen LogP contribution in [0.1, 0.15) is 88.8 Å². The first-order valence-corrected chi connectivity index (χ1v) is 13.2. The maximum absolute atomic E-state index is 13.9. The molecular formula is C27H36N4O4. The van der Waals surface area contributed by atoms with Gasteiger partial charge in [0.05, 0.1) is 17.5 Å². The van der Waals surface area contributed by atoms with E-state index < -0.39 is 5.97 Å². The van der Waals surface area contributed by atoms with Crippen LogP contribution >= 0.6 is 0 Å². The molecule has 2 aliphatic heterocycles. The van der Waals surface area contributed by atoms with Crippen molar-refractivity contribution in [1.82, 2.24) is 14.5 Å². The molecule has 3 atom stereocenters. The third-order valence-electron chi connectivity index (χ3n) is 8.21. The van der Waals surface area contributed by atoms with Crippen molar-refractivity contribution in [2.24, 2.45) is 5.16 Å². The fourth-order valence-electron chi connectivity index (χ4n) is 6.82. The van der Waals surface area contributed by atoms with E-state index in [4.69, 9.17) is 4.84 Å². The number of fused-ring (bicyclic) bond motifs is 3. The fraction of sp³-hybridized carbons (Fsp3) is 0.630. The first kappa shape index (κ1) is 24.0. The Hall–Kier alpha value is -2.74. The Morgan fingerprint density at radius 1 is 1.00 bits per heavy atom. The second-order valence-electron chi connectivity index (χ2n) is 10.3. The molecule has 8 heteroatoms. The molecule has 1 aromatic heterocycles. The Labute approximate surface area is 206 Å². The predicted molar refractivity (Wildman–Crippen MR) is 135 cm³/mol. The third kappa shape index (κ3) is 4.85. The van der Waals surface area contributed by atoms with Crippen LogP contribution in [-0.4, -0.2) is 56.5 Å². The van der Waals surface area contributed by atoms with Crippen molar-refractivity contribution in [3.05, 3.63) is 40.3 Å². The molecule has 1 aromatic carbocycles. The average molecular weight is 481 g/mol. The molecule has 3 aliphatic rings. The number of aromatic nitrogens is 2. The SMILES string of the molecule is CO/N=C(\CCC(=O)O)c1nc2ccccc2n(C2C[C@H]3CCC[C@@H](C2)N3C2CCCCC2)c1=O. The van der Waals surface area contributed by atoms with Crippen molar-refractivity contribution in [1.29, 1.82) is 0 Å². The van der Waals surface area contributed by atoms with E-state index in [1.807, 2.05) is 28.8 Å². The summed E-state index contributed by atoms with van der Waals surface area (Å²) < 4.78 is 1.94. The van der Waals surface area contributed by atoms with Crippen LogP contribution in [0.4, 0.5) is 0 Å². The molecule has 5 rings (SSSR count). The molecule has 8 nitrogen and oxygen atoms in total. The maximum atomic E-state index is 13.9. The quantitative estimate of drug-likeness (QED) is 0.463. The first-order chi connectivity index (χ1) is 17.1. The van der Waals surface area contributed by atoms with E-state index in [2.05, 4.69) is 15.0 Å². The van der Waals surface area contributed by atoms with Crippen molar-refractivity contribution in [2.45, 2.75) is 101 Å². The van der Waals surface area contributed by atoms with Gasteiger partial charge in [0.1, 0.15) is 12.8 Å². The van der Waals surface area contributed by atoms with Crippen LogP contribution < -0.4 is 5.56 Å². The molecule has 1 unspecified atom stereocenters. The Morgan fingerprint density at radius 3 is 2.37 bits per heavy atom. The van der Waals surface area contributed by atoms with Gasteiger partial charge in [-0.15, -0.1) is 0 Å². The number of benzene rings is 1. The molecule has 3 fully saturated rings. The Kier molecular flexibility index (Phi) is 7.18. The second-order valence-corrected chi connectivity index (χ2v) is 10.3. The molecule has 3 heterocycles. The van der Waals surface area contributed by atoms with Gasteiger partial charge in [0.25, 0.3) is 5.56 Å². The van der Waals surface area contributed by atoms with Gasteiger partial charge in [-0.1, -0.05) is 43.0 Å². The van der Waals surface area contributed by atoms with Crippen LogP contribution in [-0.2, 0) is 9.63 Å². The minimum atomic E-state index is -0.946. The Morgan fingerprint density at radius 2 is 1.69 bits per heavy atom. The number of nitrogens with zero attached hydrogens (tertiary/aromatic N) is 4. The number of piperidine rings is 2. The smallest absolute Gasteiger partial charge is 0.303 e. The van der Waals surface area contributed by atoms with Gasteiger partial charge in [0.2, 0.25) is 0 Å². The lowest BCUT2D eigenvalue weighted by molar-refractivity contribution is -0.136. The van der Waals surface area contributed by atoms with Crippen molar-refractivity contribution < 1.29 is 14.7 Å². The van der Waals surface area contributed by atoms with Crippen molar-refractivity contribution in [3.63, 3.8) is 0 Å². The van der Waals surface area contributed by atoms with Crippen LogP contribution in [0.3, 0.4) is 0 Å². The molecule has 2 saturated heterocycles. The molecule has 0 spiro atoms. The van der Waals surface area contributed by atoms with E-state index in [1.54, 1.807) is 0 Å². The number of hydrogen-bond donors (Lipinski definition) is 1. The van der Waals surface area contributed by atoms with E-state index in [0.717, 1.165) is 23.9 Å². The highest BCUT2D eigenvalue weighted by Crippen LogP contribution is 2.43. The summed E-state index contributed by atoms with van der Waals surface area (Å²) in [6.07, 6.45) is 12.2. The summed E-state index contributed by atoms with van der Waals surface area (Å²) in [6.45, 7) is 0. The number of carboxylic acids is 1. The van der Waals surface area contributed by atoms with E-state index in [-0.39, 0.29) is 30.1 Å². The molecular weight excluding hydrogens is 444 g/mol. The molecule has 0 radical (unpaired) electrons. The Bertz CT molecular complexity index is 1140. The molecule has 1 aliphatic carbocycles. The molecule has 2 aromatic rings. The van der Waals surface area contributed by atoms with Crippen LogP contribution in [0.15, 0.2) is 34.2 Å². The summed E-state index contributed by atoms with van der Waals surface area (Å²) in [5.41, 5.74) is 1.86. The van der Waals surface area contributed by atoms with Crippen molar-refractivity contribution in [2.75, 3.05) is 7.11 Å². The number of hydrogen-bond acceptors (Lipinski definition) is 6. The number of rotatable bonds is 7. The molecule has 0 amide bonds. The second kappa shape index (κ2) is 10.5. The summed E-state index contributed by atoms with van der Waals surface area (Å²) in [7, 11) is 1.41. The van der Waals surface area contributed by atoms with Gasteiger partial charge in [0.15, 0.2) is 5.69 Å². The molecule has 2 bridgehead atoms. The zero-order chi connectivity index (χ0) is 24.4.